The fourth-order valence-electron chi connectivity index (χ4n) is 1.95. The van der Waals surface area contributed by atoms with Crippen molar-refractivity contribution < 1.29 is 13.9 Å². The quantitative estimate of drug-likeness (QED) is 0.871. The van der Waals surface area contributed by atoms with Gasteiger partial charge in [0.2, 0.25) is 5.91 Å². The first kappa shape index (κ1) is 12.5. The summed E-state index contributed by atoms with van der Waals surface area (Å²) in [5.41, 5.74) is 0.457. The molecule has 1 aliphatic heterocycles. The van der Waals surface area contributed by atoms with Crippen molar-refractivity contribution in [2.45, 2.75) is 19.4 Å². The maximum absolute atomic E-state index is 12.9. The van der Waals surface area contributed by atoms with Crippen molar-refractivity contribution in [3.8, 4) is 6.07 Å². The summed E-state index contributed by atoms with van der Waals surface area (Å²) in [6.45, 7) is 2.29. The van der Waals surface area contributed by atoms with Gasteiger partial charge in [0.05, 0.1) is 29.9 Å². The summed E-state index contributed by atoms with van der Waals surface area (Å²) in [6, 6.07) is 5.56. The second-order valence-corrected chi connectivity index (χ2v) is 4.37. The van der Waals surface area contributed by atoms with Crippen LogP contribution in [0.4, 0.5) is 10.1 Å². The molecule has 1 saturated heterocycles. The molecule has 2 rings (SSSR count). The van der Waals surface area contributed by atoms with E-state index in [4.69, 9.17) is 10.00 Å². The Labute approximate surface area is 104 Å². The second-order valence-electron chi connectivity index (χ2n) is 4.37. The highest BCUT2D eigenvalue weighted by Gasteiger charge is 2.28. The molecule has 1 amide bonds. The Hall–Kier alpha value is -1.93. The van der Waals surface area contributed by atoms with E-state index in [1.807, 2.05) is 13.0 Å². The Morgan fingerprint density at radius 2 is 2.39 bits per heavy atom. The number of nitriles is 1. The van der Waals surface area contributed by atoms with E-state index in [0.29, 0.717) is 18.7 Å². The van der Waals surface area contributed by atoms with Gasteiger partial charge in [0.15, 0.2) is 0 Å². The van der Waals surface area contributed by atoms with Gasteiger partial charge in [-0.1, -0.05) is 0 Å². The van der Waals surface area contributed by atoms with Crippen LogP contribution in [0.25, 0.3) is 0 Å². The van der Waals surface area contributed by atoms with Crippen molar-refractivity contribution in [2.24, 2.45) is 5.92 Å². The van der Waals surface area contributed by atoms with Gasteiger partial charge in [-0.25, -0.2) is 4.39 Å². The summed E-state index contributed by atoms with van der Waals surface area (Å²) in [5.74, 6) is -0.901. The van der Waals surface area contributed by atoms with Gasteiger partial charge in [-0.05, 0) is 31.5 Å². The molecule has 0 saturated carbocycles. The number of amides is 1. The van der Waals surface area contributed by atoms with E-state index in [9.17, 15) is 9.18 Å². The third-order valence-electron chi connectivity index (χ3n) is 2.93. The highest BCUT2D eigenvalue weighted by atomic mass is 19.1. The van der Waals surface area contributed by atoms with Crippen molar-refractivity contribution in [1.82, 2.24) is 0 Å². The second kappa shape index (κ2) is 5.15. The topological polar surface area (TPSA) is 62.1 Å². The van der Waals surface area contributed by atoms with Crippen LogP contribution in [0.2, 0.25) is 0 Å². The highest BCUT2D eigenvalue weighted by Crippen LogP contribution is 2.22. The number of halogens is 1. The minimum absolute atomic E-state index is 0.0735. The molecule has 0 radical (unpaired) electrons. The fourth-order valence-corrected chi connectivity index (χ4v) is 1.95. The zero-order valence-corrected chi connectivity index (χ0v) is 9.94. The van der Waals surface area contributed by atoms with E-state index >= 15 is 0 Å². The molecule has 0 bridgehead atoms. The van der Waals surface area contributed by atoms with Crippen molar-refractivity contribution in [3.05, 3.63) is 29.6 Å². The molecule has 1 aliphatic rings. The molecule has 1 aromatic rings. The number of rotatable bonds is 2. The van der Waals surface area contributed by atoms with E-state index in [0.717, 1.165) is 6.07 Å². The van der Waals surface area contributed by atoms with E-state index in [-0.39, 0.29) is 23.5 Å². The molecular weight excluding hydrogens is 235 g/mol. The summed E-state index contributed by atoms with van der Waals surface area (Å²) in [6.07, 6.45) is 0.735. The smallest absolute Gasteiger partial charge is 0.229 e. The van der Waals surface area contributed by atoms with Crippen LogP contribution in [-0.2, 0) is 9.53 Å². The molecule has 0 aromatic heterocycles. The number of benzene rings is 1. The lowest BCUT2D eigenvalue weighted by atomic mass is 10.1. The molecule has 1 aromatic carbocycles. The molecule has 2 atom stereocenters. The number of anilines is 1. The minimum Gasteiger partial charge on any atom is -0.378 e. The molecular formula is C13H13FN2O2. The Morgan fingerprint density at radius 3 is 3.00 bits per heavy atom. The largest absolute Gasteiger partial charge is 0.378 e. The highest BCUT2D eigenvalue weighted by molar-refractivity contribution is 5.94. The molecule has 94 valence electrons. The standard InChI is InChI=1S/C13H13FN2O2/c1-8-4-10(7-18-8)13(17)16-12-3-2-11(14)5-9(12)6-15/h2-3,5,8,10H,4,7H2,1H3,(H,16,17). The van der Waals surface area contributed by atoms with Gasteiger partial charge in [0.25, 0.3) is 0 Å². The minimum atomic E-state index is -0.498. The zero-order chi connectivity index (χ0) is 13.1. The molecule has 0 aliphatic carbocycles. The summed E-state index contributed by atoms with van der Waals surface area (Å²) >= 11 is 0. The lowest BCUT2D eigenvalue weighted by Gasteiger charge is -2.10. The molecule has 4 nitrogen and oxygen atoms in total. The lowest BCUT2D eigenvalue weighted by molar-refractivity contribution is -0.119. The first-order valence-electron chi connectivity index (χ1n) is 5.72. The Kier molecular flexibility index (Phi) is 3.58. The van der Waals surface area contributed by atoms with Crippen LogP contribution >= 0.6 is 0 Å². The summed E-state index contributed by atoms with van der Waals surface area (Å²) in [4.78, 5) is 11.9. The average Bonchev–Trinajstić information content (AvgIpc) is 2.78. The third-order valence-corrected chi connectivity index (χ3v) is 2.93. The molecule has 1 N–H and O–H groups in total. The number of carbonyl (C=O) groups is 1. The maximum atomic E-state index is 12.9. The Balaban J connectivity index is 2.10. The molecule has 0 spiro atoms. The summed E-state index contributed by atoms with van der Waals surface area (Å²) < 4.78 is 18.3. The van der Waals surface area contributed by atoms with Gasteiger partial charge >= 0.3 is 0 Å². The van der Waals surface area contributed by atoms with Crippen LogP contribution < -0.4 is 5.32 Å². The third kappa shape index (κ3) is 2.66. The predicted molar refractivity (Wildman–Crippen MR) is 63.3 cm³/mol. The average molecular weight is 248 g/mol. The normalized spacial score (nSPS) is 22.5. The van der Waals surface area contributed by atoms with Gasteiger partial charge in [-0.3, -0.25) is 4.79 Å². The Morgan fingerprint density at radius 1 is 1.61 bits per heavy atom. The predicted octanol–water partition coefficient (Wildman–Crippen LogP) is 2.06. The van der Waals surface area contributed by atoms with E-state index in [1.165, 1.54) is 12.1 Å². The first-order chi connectivity index (χ1) is 8.60. The van der Waals surface area contributed by atoms with Crippen LogP contribution in [-0.4, -0.2) is 18.6 Å². The summed E-state index contributed by atoms with van der Waals surface area (Å²) in [7, 11) is 0. The molecule has 1 fully saturated rings. The van der Waals surface area contributed by atoms with Crippen LogP contribution in [0.3, 0.4) is 0 Å². The lowest BCUT2D eigenvalue weighted by Crippen LogP contribution is -2.23. The number of nitrogens with one attached hydrogen (secondary N) is 1. The monoisotopic (exact) mass is 248 g/mol. The van der Waals surface area contributed by atoms with E-state index in [1.54, 1.807) is 0 Å². The SMILES string of the molecule is CC1CC(C(=O)Nc2ccc(F)cc2C#N)CO1. The van der Waals surface area contributed by atoms with Gasteiger partial charge in [0.1, 0.15) is 11.9 Å². The van der Waals surface area contributed by atoms with Gasteiger partial charge in [-0.15, -0.1) is 0 Å². The van der Waals surface area contributed by atoms with Gasteiger partial charge < -0.3 is 10.1 Å². The van der Waals surface area contributed by atoms with Crippen LogP contribution in [0.5, 0.6) is 0 Å². The number of hydrogen-bond donors (Lipinski definition) is 1. The summed E-state index contributed by atoms with van der Waals surface area (Å²) in [5, 5.41) is 11.5. The molecule has 1 heterocycles. The van der Waals surface area contributed by atoms with Crippen molar-refractivity contribution in [1.29, 1.82) is 5.26 Å². The number of ether oxygens (including phenoxy) is 1. The van der Waals surface area contributed by atoms with Crippen molar-refractivity contribution in [3.63, 3.8) is 0 Å². The molecule has 18 heavy (non-hydrogen) atoms. The molecule has 5 heteroatoms. The Bertz CT molecular complexity index is 510. The van der Waals surface area contributed by atoms with Gasteiger partial charge in [0, 0.05) is 0 Å². The van der Waals surface area contributed by atoms with Crippen LogP contribution in [0.15, 0.2) is 18.2 Å². The molecule has 2 unspecified atom stereocenters. The van der Waals surface area contributed by atoms with Crippen molar-refractivity contribution in [2.75, 3.05) is 11.9 Å². The number of carbonyl (C=O) groups excluding carboxylic acids is 1. The van der Waals surface area contributed by atoms with Gasteiger partial charge in [-0.2, -0.15) is 5.26 Å². The van der Waals surface area contributed by atoms with Crippen LogP contribution in [0, 0.1) is 23.1 Å². The van der Waals surface area contributed by atoms with Crippen LogP contribution in [0.1, 0.15) is 18.9 Å². The van der Waals surface area contributed by atoms with Crippen molar-refractivity contribution >= 4 is 11.6 Å². The first-order valence-corrected chi connectivity index (χ1v) is 5.72. The number of hydrogen-bond acceptors (Lipinski definition) is 3. The fraction of sp³-hybridized carbons (Fsp3) is 0.385. The van der Waals surface area contributed by atoms with E-state index < -0.39 is 5.82 Å². The maximum Gasteiger partial charge on any atom is 0.229 e. The van der Waals surface area contributed by atoms with E-state index in [2.05, 4.69) is 5.32 Å². The zero-order valence-electron chi connectivity index (χ0n) is 9.94. The number of nitrogens with zero attached hydrogens (tertiary/aromatic N) is 1.